The van der Waals surface area contributed by atoms with Crippen LogP contribution in [-0.2, 0) is 0 Å². The van der Waals surface area contributed by atoms with Crippen LogP contribution in [-0.4, -0.2) is 21.3 Å². The number of hydrogen-bond donors (Lipinski definition) is 1. The maximum absolute atomic E-state index is 5.92. The number of nitrogen functional groups attached to an aromatic ring is 1. The van der Waals surface area contributed by atoms with Gasteiger partial charge in [0.1, 0.15) is 5.75 Å². The van der Waals surface area contributed by atoms with Crippen LogP contribution in [0.1, 0.15) is 25.7 Å². The second kappa shape index (κ2) is 5.22. The molecule has 1 fully saturated rings. The largest absolute Gasteiger partial charge is 0.490 e. The van der Waals surface area contributed by atoms with Crippen LogP contribution in [0.25, 0.3) is 11.3 Å². The number of nitrogens with two attached hydrogens (primary N) is 1. The van der Waals surface area contributed by atoms with Gasteiger partial charge in [-0.05, 0) is 49.9 Å². The smallest absolute Gasteiger partial charge is 0.240 e. The molecule has 1 aliphatic rings. The summed E-state index contributed by atoms with van der Waals surface area (Å²) >= 11 is 0. The summed E-state index contributed by atoms with van der Waals surface area (Å²) in [4.78, 5) is 4.14. The number of nitrogens with zero attached hydrogens (tertiary/aromatic N) is 3. The zero-order valence-corrected chi connectivity index (χ0v) is 10.6. The first-order chi connectivity index (χ1) is 9.31. The molecule has 0 saturated heterocycles. The summed E-state index contributed by atoms with van der Waals surface area (Å²) in [6.07, 6.45) is 6.84. The minimum Gasteiger partial charge on any atom is -0.490 e. The van der Waals surface area contributed by atoms with Crippen LogP contribution in [0, 0.1) is 0 Å². The Morgan fingerprint density at radius 1 is 1.11 bits per heavy atom. The first-order valence-electron chi connectivity index (χ1n) is 6.53. The molecule has 1 aliphatic carbocycles. The molecule has 0 radical (unpaired) electrons. The van der Waals surface area contributed by atoms with Crippen LogP contribution in [0.4, 0.5) is 5.95 Å². The van der Waals surface area contributed by atoms with E-state index in [-0.39, 0.29) is 5.95 Å². The van der Waals surface area contributed by atoms with E-state index in [0.717, 1.165) is 29.8 Å². The van der Waals surface area contributed by atoms with Gasteiger partial charge in [0.2, 0.25) is 5.95 Å². The topological polar surface area (TPSA) is 73.9 Å². The highest BCUT2D eigenvalue weighted by Crippen LogP contribution is 2.26. The number of anilines is 1. The molecule has 2 N–H and O–H groups in total. The summed E-state index contributed by atoms with van der Waals surface area (Å²) in [7, 11) is 0. The molecular formula is C14H16N4O. The van der Waals surface area contributed by atoms with Crippen molar-refractivity contribution in [2.45, 2.75) is 31.8 Å². The summed E-state index contributed by atoms with van der Waals surface area (Å²) < 4.78 is 5.92. The second-order valence-corrected chi connectivity index (χ2v) is 4.75. The van der Waals surface area contributed by atoms with E-state index in [0.29, 0.717) is 6.10 Å². The Morgan fingerprint density at radius 3 is 2.53 bits per heavy atom. The van der Waals surface area contributed by atoms with Crippen LogP contribution in [0.3, 0.4) is 0 Å². The van der Waals surface area contributed by atoms with E-state index >= 15 is 0 Å². The molecule has 0 unspecified atom stereocenters. The molecule has 0 amide bonds. The van der Waals surface area contributed by atoms with Crippen LogP contribution in [0.15, 0.2) is 30.5 Å². The van der Waals surface area contributed by atoms with Crippen molar-refractivity contribution in [3.63, 3.8) is 0 Å². The van der Waals surface area contributed by atoms with Gasteiger partial charge in [0, 0.05) is 5.56 Å². The molecule has 1 saturated carbocycles. The normalized spacial score (nSPS) is 15.6. The molecule has 98 valence electrons. The lowest BCUT2D eigenvalue weighted by Crippen LogP contribution is -2.10. The molecule has 0 atom stereocenters. The van der Waals surface area contributed by atoms with Crippen LogP contribution in [0.5, 0.6) is 5.75 Å². The van der Waals surface area contributed by atoms with Gasteiger partial charge < -0.3 is 10.5 Å². The fourth-order valence-electron chi connectivity index (χ4n) is 2.36. The summed E-state index contributed by atoms with van der Waals surface area (Å²) in [5, 5.41) is 7.44. The van der Waals surface area contributed by atoms with Crippen molar-refractivity contribution >= 4 is 5.95 Å². The van der Waals surface area contributed by atoms with Gasteiger partial charge in [-0.1, -0.05) is 0 Å². The van der Waals surface area contributed by atoms with Gasteiger partial charge in [0.05, 0.1) is 18.0 Å². The SMILES string of the molecule is Nc1nncc(-c2ccc(OC3CCCC3)cc2)n1. The Labute approximate surface area is 111 Å². The first kappa shape index (κ1) is 11.9. The van der Waals surface area contributed by atoms with E-state index in [1.165, 1.54) is 12.8 Å². The molecule has 3 rings (SSSR count). The third-order valence-corrected chi connectivity index (χ3v) is 3.33. The van der Waals surface area contributed by atoms with Crippen molar-refractivity contribution in [2.75, 3.05) is 5.73 Å². The molecule has 2 aromatic rings. The zero-order chi connectivity index (χ0) is 13.1. The lowest BCUT2D eigenvalue weighted by Gasteiger charge is -2.13. The fourth-order valence-corrected chi connectivity index (χ4v) is 2.36. The predicted octanol–water partition coefficient (Wildman–Crippen LogP) is 2.44. The van der Waals surface area contributed by atoms with Gasteiger partial charge in [-0.2, -0.15) is 5.10 Å². The maximum Gasteiger partial charge on any atom is 0.240 e. The number of hydrogen-bond acceptors (Lipinski definition) is 5. The highest BCUT2D eigenvalue weighted by atomic mass is 16.5. The van der Waals surface area contributed by atoms with Crippen molar-refractivity contribution in [3.8, 4) is 17.0 Å². The highest BCUT2D eigenvalue weighted by molar-refractivity contribution is 5.59. The third kappa shape index (κ3) is 2.81. The Morgan fingerprint density at radius 2 is 1.84 bits per heavy atom. The molecule has 5 heteroatoms. The van der Waals surface area contributed by atoms with Crippen LogP contribution >= 0.6 is 0 Å². The Hall–Kier alpha value is -2.17. The van der Waals surface area contributed by atoms with Crippen molar-refractivity contribution in [1.82, 2.24) is 15.2 Å². The molecular weight excluding hydrogens is 240 g/mol. The fraction of sp³-hybridized carbons (Fsp3) is 0.357. The lowest BCUT2D eigenvalue weighted by atomic mass is 10.1. The van der Waals surface area contributed by atoms with Crippen molar-refractivity contribution in [1.29, 1.82) is 0 Å². The van der Waals surface area contributed by atoms with Crippen molar-refractivity contribution in [3.05, 3.63) is 30.5 Å². The Kier molecular flexibility index (Phi) is 3.27. The minimum atomic E-state index is 0.184. The van der Waals surface area contributed by atoms with E-state index < -0.39 is 0 Å². The monoisotopic (exact) mass is 256 g/mol. The van der Waals surface area contributed by atoms with E-state index in [1.54, 1.807) is 6.20 Å². The summed E-state index contributed by atoms with van der Waals surface area (Å²) in [5.74, 6) is 1.09. The van der Waals surface area contributed by atoms with Crippen molar-refractivity contribution in [2.24, 2.45) is 0 Å². The van der Waals surface area contributed by atoms with Crippen LogP contribution < -0.4 is 10.5 Å². The van der Waals surface area contributed by atoms with Gasteiger partial charge in [-0.15, -0.1) is 5.10 Å². The molecule has 1 heterocycles. The molecule has 1 aromatic heterocycles. The van der Waals surface area contributed by atoms with Gasteiger partial charge in [0.15, 0.2) is 0 Å². The van der Waals surface area contributed by atoms with Crippen LogP contribution in [0.2, 0.25) is 0 Å². The summed E-state index contributed by atoms with van der Waals surface area (Å²) in [6.45, 7) is 0. The third-order valence-electron chi connectivity index (χ3n) is 3.33. The van der Waals surface area contributed by atoms with Crippen molar-refractivity contribution < 1.29 is 4.74 Å². The molecule has 0 aliphatic heterocycles. The lowest BCUT2D eigenvalue weighted by molar-refractivity contribution is 0.210. The molecule has 5 nitrogen and oxygen atoms in total. The van der Waals surface area contributed by atoms with E-state index in [4.69, 9.17) is 10.5 Å². The Balaban J connectivity index is 1.74. The number of benzene rings is 1. The van der Waals surface area contributed by atoms with Gasteiger partial charge in [-0.25, -0.2) is 4.98 Å². The summed E-state index contributed by atoms with van der Waals surface area (Å²) in [5.41, 5.74) is 7.21. The summed E-state index contributed by atoms with van der Waals surface area (Å²) in [6, 6.07) is 7.86. The standard InChI is InChI=1S/C14H16N4O/c15-14-17-13(9-16-18-14)10-5-7-12(8-6-10)19-11-3-1-2-4-11/h5-9,11H,1-4H2,(H2,15,17,18). The molecule has 1 aromatic carbocycles. The van der Waals surface area contributed by atoms with Gasteiger partial charge in [0.25, 0.3) is 0 Å². The highest BCUT2D eigenvalue weighted by Gasteiger charge is 2.16. The predicted molar refractivity (Wildman–Crippen MR) is 72.6 cm³/mol. The van der Waals surface area contributed by atoms with Gasteiger partial charge in [-0.3, -0.25) is 0 Å². The van der Waals surface area contributed by atoms with E-state index in [2.05, 4.69) is 15.2 Å². The molecule has 19 heavy (non-hydrogen) atoms. The first-order valence-corrected chi connectivity index (χ1v) is 6.53. The number of aromatic nitrogens is 3. The zero-order valence-electron chi connectivity index (χ0n) is 10.6. The molecule has 0 bridgehead atoms. The second-order valence-electron chi connectivity index (χ2n) is 4.75. The quantitative estimate of drug-likeness (QED) is 0.913. The number of ether oxygens (including phenoxy) is 1. The average molecular weight is 256 g/mol. The van der Waals surface area contributed by atoms with E-state index in [1.807, 2.05) is 24.3 Å². The van der Waals surface area contributed by atoms with E-state index in [9.17, 15) is 0 Å². The minimum absolute atomic E-state index is 0.184. The maximum atomic E-state index is 5.92. The Bertz CT molecular complexity index is 550. The number of rotatable bonds is 3. The average Bonchev–Trinajstić information content (AvgIpc) is 2.92. The molecule has 0 spiro atoms. The van der Waals surface area contributed by atoms with Gasteiger partial charge >= 0.3 is 0 Å².